The Hall–Kier alpha value is -2.67. The summed E-state index contributed by atoms with van der Waals surface area (Å²) in [5, 5.41) is 16.7. The monoisotopic (exact) mass is 325 g/mol. The number of ether oxygens (including phenoxy) is 2. The lowest BCUT2D eigenvalue weighted by Gasteiger charge is -2.11. The molecule has 3 aromatic rings. The van der Waals surface area contributed by atoms with Gasteiger partial charge in [0, 0.05) is 5.56 Å². The lowest BCUT2D eigenvalue weighted by molar-refractivity contribution is 0.404. The predicted octanol–water partition coefficient (Wildman–Crippen LogP) is 2.23. The van der Waals surface area contributed by atoms with Crippen LogP contribution < -0.4 is 14.8 Å². The first-order valence-corrected chi connectivity index (χ1v) is 7.98. The Balaban J connectivity index is 1.84. The normalized spacial score (nSPS) is 17.3. The van der Waals surface area contributed by atoms with E-state index in [4.69, 9.17) is 14.6 Å². The second kappa shape index (κ2) is 6.09. The molecule has 1 aromatic carbocycles. The van der Waals surface area contributed by atoms with Gasteiger partial charge in [0.1, 0.15) is 11.5 Å². The van der Waals surface area contributed by atoms with E-state index in [9.17, 15) is 0 Å². The number of rotatable bonds is 4. The fourth-order valence-corrected chi connectivity index (χ4v) is 3.09. The Kier molecular flexibility index (Phi) is 3.78. The molecule has 2 aromatic heterocycles. The molecule has 0 bridgehead atoms. The van der Waals surface area contributed by atoms with E-state index in [1.807, 2.05) is 34.8 Å². The number of hydrogen-bond donors (Lipinski definition) is 1. The summed E-state index contributed by atoms with van der Waals surface area (Å²) in [5.74, 6) is 2.36. The average molecular weight is 325 g/mol. The number of benzene rings is 1. The van der Waals surface area contributed by atoms with E-state index in [-0.39, 0.29) is 6.04 Å². The molecule has 1 aliphatic rings. The van der Waals surface area contributed by atoms with Crippen molar-refractivity contribution in [2.75, 3.05) is 20.8 Å². The van der Waals surface area contributed by atoms with Crippen LogP contribution in [0.15, 0.2) is 30.3 Å². The smallest absolute Gasteiger partial charge is 0.178 e. The first kappa shape index (κ1) is 14.9. The Bertz CT molecular complexity index is 871. The van der Waals surface area contributed by atoms with Crippen LogP contribution in [0.2, 0.25) is 0 Å². The van der Waals surface area contributed by atoms with Crippen molar-refractivity contribution in [3.05, 3.63) is 36.2 Å². The highest BCUT2D eigenvalue weighted by molar-refractivity contribution is 5.69. The molecule has 1 N–H and O–H groups in total. The van der Waals surface area contributed by atoms with Gasteiger partial charge in [-0.15, -0.1) is 10.2 Å². The van der Waals surface area contributed by atoms with Gasteiger partial charge >= 0.3 is 0 Å². The molecule has 0 spiro atoms. The Labute approximate surface area is 139 Å². The predicted molar refractivity (Wildman–Crippen MR) is 89.3 cm³/mol. The zero-order valence-corrected chi connectivity index (χ0v) is 13.7. The average Bonchev–Trinajstić information content (AvgIpc) is 3.29. The minimum absolute atomic E-state index is 0.204. The number of aromatic nitrogens is 4. The Morgan fingerprint density at radius 1 is 1.12 bits per heavy atom. The van der Waals surface area contributed by atoms with E-state index >= 15 is 0 Å². The summed E-state index contributed by atoms with van der Waals surface area (Å²) in [4.78, 5) is 0. The van der Waals surface area contributed by atoms with Crippen LogP contribution in [-0.4, -0.2) is 40.6 Å². The molecular formula is C17H19N5O2. The molecule has 0 aliphatic carbocycles. The molecule has 0 unspecified atom stereocenters. The summed E-state index contributed by atoms with van der Waals surface area (Å²) in [6.45, 7) is 1.00. The third-order valence-electron chi connectivity index (χ3n) is 4.34. The zero-order chi connectivity index (χ0) is 16.5. The molecule has 24 heavy (non-hydrogen) atoms. The van der Waals surface area contributed by atoms with Gasteiger partial charge in [-0.2, -0.15) is 9.61 Å². The molecule has 0 radical (unpaired) electrons. The second-order valence-electron chi connectivity index (χ2n) is 5.76. The van der Waals surface area contributed by atoms with Crippen molar-refractivity contribution >= 4 is 5.65 Å². The van der Waals surface area contributed by atoms with E-state index in [1.54, 1.807) is 14.2 Å². The highest BCUT2D eigenvalue weighted by Gasteiger charge is 2.22. The molecule has 7 heteroatoms. The zero-order valence-electron chi connectivity index (χ0n) is 13.7. The lowest BCUT2D eigenvalue weighted by Crippen LogP contribution is -2.16. The quantitative estimate of drug-likeness (QED) is 0.793. The van der Waals surface area contributed by atoms with Crippen molar-refractivity contribution in [3.8, 4) is 22.8 Å². The van der Waals surface area contributed by atoms with Crippen molar-refractivity contribution < 1.29 is 9.47 Å². The molecule has 124 valence electrons. The largest absolute Gasteiger partial charge is 0.497 e. The fraction of sp³-hybridized carbons (Fsp3) is 0.353. The minimum Gasteiger partial charge on any atom is -0.497 e. The summed E-state index contributed by atoms with van der Waals surface area (Å²) in [7, 11) is 3.29. The lowest BCUT2D eigenvalue weighted by atomic mass is 10.1. The topological polar surface area (TPSA) is 73.6 Å². The SMILES string of the molecule is COc1ccc(OC)c(-c2ccc3nnc([C@@H]4CCCN4)n3n2)c1. The van der Waals surface area contributed by atoms with E-state index < -0.39 is 0 Å². The second-order valence-corrected chi connectivity index (χ2v) is 5.76. The van der Waals surface area contributed by atoms with Crippen LogP contribution in [-0.2, 0) is 0 Å². The molecule has 0 saturated carbocycles. The van der Waals surface area contributed by atoms with Crippen LogP contribution >= 0.6 is 0 Å². The number of methoxy groups -OCH3 is 2. The highest BCUT2D eigenvalue weighted by Crippen LogP contribution is 2.32. The molecular weight excluding hydrogens is 306 g/mol. The molecule has 3 heterocycles. The standard InChI is InChI=1S/C17H19N5O2/c1-23-11-5-7-15(24-2)12(10-11)13-6-8-16-19-20-17(22(16)21-13)14-4-3-9-18-14/h5-8,10,14,18H,3-4,9H2,1-2H3/t14-/m0/s1. The first-order chi connectivity index (χ1) is 11.8. The van der Waals surface area contributed by atoms with Crippen molar-refractivity contribution in [3.63, 3.8) is 0 Å². The van der Waals surface area contributed by atoms with E-state index in [0.717, 1.165) is 53.6 Å². The summed E-state index contributed by atoms with van der Waals surface area (Å²) in [6, 6.07) is 9.72. The Morgan fingerprint density at radius 2 is 2.04 bits per heavy atom. The van der Waals surface area contributed by atoms with Gasteiger partial charge in [-0.1, -0.05) is 0 Å². The molecule has 1 atom stereocenters. The maximum absolute atomic E-state index is 5.47. The van der Waals surface area contributed by atoms with Crippen molar-refractivity contribution in [1.82, 2.24) is 25.1 Å². The van der Waals surface area contributed by atoms with Crippen molar-refractivity contribution in [1.29, 1.82) is 0 Å². The van der Waals surface area contributed by atoms with E-state index in [1.165, 1.54) is 0 Å². The van der Waals surface area contributed by atoms with E-state index in [0.29, 0.717) is 0 Å². The summed E-state index contributed by atoms with van der Waals surface area (Å²) in [5.41, 5.74) is 2.40. The highest BCUT2D eigenvalue weighted by atomic mass is 16.5. The van der Waals surface area contributed by atoms with Gasteiger partial charge in [0.15, 0.2) is 11.5 Å². The van der Waals surface area contributed by atoms with Crippen LogP contribution in [0.4, 0.5) is 0 Å². The fourth-order valence-electron chi connectivity index (χ4n) is 3.09. The molecule has 1 fully saturated rings. The first-order valence-electron chi connectivity index (χ1n) is 7.98. The van der Waals surface area contributed by atoms with Crippen LogP contribution in [0.3, 0.4) is 0 Å². The molecule has 0 amide bonds. The van der Waals surface area contributed by atoms with Crippen molar-refractivity contribution in [2.24, 2.45) is 0 Å². The number of nitrogens with zero attached hydrogens (tertiary/aromatic N) is 4. The van der Waals surface area contributed by atoms with Gasteiger partial charge in [0.05, 0.1) is 26.0 Å². The van der Waals surface area contributed by atoms with Crippen LogP contribution in [0.25, 0.3) is 16.9 Å². The van der Waals surface area contributed by atoms with Gasteiger partial charge in [0.25, 0.3) is 0 Å². The van der Waals surface area contributed by atoms with Crippen LogP contribution in [0.1, 0.15) is 24.7 Å². The Morgan fingerprint density at radius 3 is 2.79 bits per heavy atom. The van der Waals surface area contributed by atoms with Gasteiger partial charge < -0.3 is 14.8 Å². The summed E-state index contributed by atoms with van der Waals surface area (Å²) < 4.78 is 12.6. The number of hydrogen-bond acceptors (Lipinski definition) is 6. The van der Waals surface area contributed by atoms with Gasteiger partial charge in [-0.3, -0.25) is 0 Å². The molecule has 1 saturated heterocycles. The maximum Gasteiger partial charge on any atom is 0.178 e. The van der Waals surface area contributed by atoms with Gasteiger partial charge in [0.2, 0.25) is 0 Å². The molecule has 4 rings (SSSR count). The van der Waals surface area contributed by atoms with E-state index in [2.05, 4.69) is 15.5 Å². The van der Waals surface area contributed by atoms with Crippen LogP contribution in [0, 0.1) is 0 Å². The van der Waals surface area contributed by atoms with Gasteiger partial charge in [-0.25, -0.2) is 0 Å². The minimum atomic E-state index is 0.204. The summed E-state index contributed by atoms with van der Waals surface area (Å²) in [6.07, 6.45) is 2.19. The molecule has 7 nitrogen and oxygen atoms in total. The third kappa shape index (κ3) is 2.46. The summed E-state index contributed by atoms with van der Waals surface area (Å²) >= 11 is 0. The third-order valence-corrected chi connectivity index (χ3v) is 4.34. The molecule has 1 aliphatic heterocycles. The number of fused-ring (bicyclic) bond motifs is 1. The maximum atomic E-state index is 5.47. The van der Waals surface area contributed by atoms with Crippen LogP contribution in [0.5, 0.6) is 11.5 Å². The number of nitrogens with one attached hydrogen (secondary N) is 1. The van der Waals surface area contributed by atoms with Crippen molar-refractivity contribution in [2.45, 2.75) is 18.9 Å². The van der Waals surface area contributed by atoms with Gasteiger partial charge in [-0.05, 0) is 49.7 Å².